The molecule has 2 heteroatoms. The zero-order chi connectivity index (χ0) is 44.6. The lowest BCUT2D eigenvalue weighted by Gasteiger charge is -2.27. The maximum Gasteiger partial charge on any atom is 0.0541 e. The van der Waals surface area contributed by atoms with Crippen LogP contribution in [0.4, 0.5) is 17.1 Å². The Hall–Kier alpha value is -8.46. The number of anilines is 3. The van der Waals surface area contributed by atoms with E-state index in [2.05, 4.69) is 266 Å². The molecule has 316 valence electrons. The van der Waals surface area contributed by atoms with E-state index in [1.54, 1.807) is 0 Å². The Morgan fingerprint density at radius 2 is 0.910 bits per heavy atom. The highest BCUT2D eigenvalue weighted by molar-refractivity contribution is 6.13. The lowest BCUT2D eigenvalue weighted by Crippen LogP contribution is -2.14. The van der Waals surface area contributed by atoms with Gasteiger partial charge in [0.05, 0.1) is 11.0 Å². The van der Waals surface area contributed by atoms with Crippen LogP contribution in [0.3, 0.4) is 0 Å². The van der Waals surface area contributed by atoms with E-state index >= 15 is 0 Å². The maximum absolute atomic E-state index is 2.42. The van der Waals surface area contributed by atoms with Gasteiger partial charge in [0.25, 0.3) is 0 Å². The van der Waals surface area contributed by atoms with Crippen LogP contribution in [-0.4, -0.2) is 4.57 Å². The Morgan fingerprint density at radius 1 is 0.313 bits per heavy atom. The lowest BCUT2D eigenvalue weighted by molar-refractivity contribution is 0.660. The predicted molar refractivity (Wildman–Crippen MR) is 284 cm³/mol. The Morgan fingerprint density at radius 3 is 1.76 bits per heavy atom. The highest BCUT2D eigenvalue weighted by Gasteiger charge is 2.35. The van der Waals surface area contributed by atoms with Crippen LogP contribution in [0.1, 0.15) is 25.0 Å². The van der Waals surface area contributed by atoms with Crippen molar-refractivity contribution in [2.45, 2.75) is 19.3 Å². The predicted octanol–water partition coefficient (Wildman–Crippen LogP) is 17.9. The van der Waals surface area contributed by atoms with E-state index in [1.807, 2.05) is 0 Å². The van der Waals surface area contributed by atoms with Gasteiger partial charge in [-0.25, -0.2) is 0 Å². The summed E-state index contributed by atoms with van der Waals surface area (Å²) in [7, 11) is 0. The van der Waals surface area contributed by atoms with Crippen LogP contribution in [0, 0.1) is 0 Å². The normalized spacial score (nSPS) is 12.7. The first kappa shape index (κ1) is 39.0. The van der Waals surface area contributed by atoms with Gasteiger partial charge in [-0.1, -0.05) is 184 Å². The summed E-state index contributed by atoms with van der Waals surface area (Å²) in [4.78, 5) is 2.42. The summed E-state index contributed by atoms with van der Waals surface area (Å²) in [6, 6.07) is 89.5. The van der Waals surface area contributed by atoms with E-state index in [1.165, 1.54) is 93.4 Å². The van der Waals surface area contributed by atoms with Gasteiger partial charge < -0.3 is 9.47 Å². The molecule has 0 radical (unpaired) electrons. The molecule has 0 saturated heterocycles. The van der Waals surface area contributed by atoms with Gasteiger partial charge in [0, 0.05) is 38.9 Å². The number of rotatable bonds is 7. The summed E-state index contributed by atoms with van der Waals surface area (Å²) in [5.74, 6) is 0. The van der Waals surface area contributed by atoms with Crippen molar-refractivity contribution in [1.29, 1.82) is 0 Å². The molecule has 0 fully saturated rings. The fourth-order valence-electron chi connectivity index (χ4n) is 11.1. The minimum absolute atomic E-state index is 0.0233. The molecular formula is C65H46N2. The number of nitrogens with zero attached hydrogens (tertiary/aromatic N) is 2. The van der Waals surface area contributed by atoms with E-state index in [9.17, 15) is 0 Å². The van der Waals surface area contributed by atoms with Crippen LogP contribution in [0.15, 0.2) is 243 Å². The zero-order valence-electron chi connectivity index (χ0n) is 37.5. The minimum atomic E-state index is -0.0233. The molecule has 11 aromatic carbocycles. The van der Waals surface area contributed by atoms with Crippen LogP contribution in [0.2, 0.25) is 0 Å². The standard InChI is InChI=1S/C65H46N2/c1-65(2)61-27-10-8-23-57(61)59-41-46(32-37-62(59)65)43-29-34-50(35-30-43)66(52-21-13-17-48(40-52)54-25-14-26-55-53-22-7-6-15-44(53)31-36-56(54)55)51-20-12-16-45(39-51)47-33-38-64-60(42-47)58-24-9-11-28-63(58)67(64)49-18-4-3-5-19-49/h3-42H,1-2H3. The van der Waals surface area contributed by atoms with Gasteiger partial charge in [0.2, 0.25) is 0 Å². The largest absolute Gasteiger partial charge is 0.310 e. The number of fused-ring (bicyclic) bond motifs is 9. The molecule has 0 spiro atoms. The fraction of sp³-hybridized carbons (Fsp3) is 0.0462. The van der Waals surface area contributed by atoms with Crippen molar-refractivity contribution in [3.8, 4) is 50.2 Å². The summed E-state index contributed by atoms with van der Waals surface area (Å²) < 4.78 is 2.38. The molecule has 0 amide bonds. The highest BCUT2D eigenvalue weighted by Crippen LogP contribution is 2.50. The Labute approximate surface area is 391 Å². The van der Waals surface area contributed by atoms with Gasteiger partial charge in [-0.2, -0.15) is 0 Å². The van der Waals surface area contributed by atoms with Crippen LogP contribution < -0.4 is 4.90 Å². The van der Waals surface area contributed by atoms with Gasteiger partial charge in [-0.05, 0) is 150 Å². The van der Waals surface area contributed by atoms with Crippen LogP contribution in [0.5, 0.6) is 0 Å². The Balaban J connectivity index is 0.940. The van der Waals surface area contributed by atoms with Crippen molar-refractivity contribution in [3.63, 3.8) is 0 Å². The molecule has 1 aliphatic carbocycles. The molecule has 0 aliphatic heterocycles. The van der Waals surface area contributed by atoms with Crippen LogP contribution in [0.25, 0.3) is 93.5 Å². The molecule has 1 aliphatic rings. The van der Waals surface area contributed by atoms with Gasteiger partial charge in [0.15, 0.2) is 0 Å². The molecule has 1 heterocycles. The van der Waals surface area contributed by atoms with Gasteiger partial charge in [-0.15, -0.1) is 0 Å². The van der Waals surface area contributed by atoms with E-state index in [4.69, 9.17) is 0 Å². The summed E-state index contributed by atoms with van der Waals surface area (Å²) in [5.41, 5.74) is 19.4. The second kappa shape index (κ2) is 15.3. The van der Waals surface area contributed by atoms with Crippen molar-refractivity contribution in [3.05, 3.63) is 254 Å². The SMILES string of the molecule is CC1(C)c2ccccc2-c2cc(-c3ccc(N(c4cccc(-c5ccc6c(c5)c5ccccc5n6-c5ccccc5)c4)c4cccc(-c5cccc6c5ccc5ccccc56)c4)cc3)ccc21. The third kappa shape index (κ3) is 6.32. The first-order valence-corrected chi connectivity index (χ1v) is 23.3. The summed E-state index contributed by atoms with van der Waals surface area (Å²) >= 11 is 0. The number of hydrogen-bond donors (Lipinski definition) is 0. The molecule has 13 rings (SSSR count). The second-order valence-electron chi connectivity index (χ2n) is 18.5. The molecule has 0 atom stereocenters. The molecule has 0 saturated carbocycles. The van der Waals surface area contributed by atoms with E-state index in [0.717, 1.165) is 28.3 Å². The third-order valence-electron chi connectivity index (χ3n) is 14.4. The average Bonchev–Trinajstić information content (AvgIpc) is 3.84. The molecule has 2 nitrogen and oxygen atoms in total. The van der Waals surface area contributed by atoms with Crippen molar-refractivity contribution < 1.29 is 0 Å². The second-order valence-corrected chi connectivity index (χ2v) is 18.5. The monoisotopic (exact) mass is 854 g/mol. The first-order valence-electron chi connectivity index (χ1n) is 23.3. The lowest BCUT2D eigenvalue weighted by atomic mass is 9.82. The smallest absolute Gasteiger partial charge is 0.0541 e. The maximum atomic E-state index is 2.42. The Kier molecular flexibility index (Phi) is 8.91. The van der Waals surface area contributed by atoms with Crippen molar-refractivity contribution in [2.75, 3.05) is 4.90 Å². The minimum Gasteiger partial charge on any atom is -0.310 e. The molecule has 1 aromatic heterocycles. The first-order chi connectivity index (χ1) is 33.0. The topological polar surface area (TPSA) is 8.17 Å². The average molecular weight is 855 g/mol. The van der Waals surface area contributed by atoms with Gasteiger partial charge >= 0.3 is 0 Å². The van der Waals surface area contributed by atoms with Crippen molar-refractivity contribution in [1.82, 2.24) is 4.57 Å². The van der Waals surface area contributed by atoms with E-state index in [-0.39, 0.29) is 5.41 Å². The molecule has 0 bridgehead atoms. The summed E-state index contributed by atoms with van der Waals surface area (Å²) in [6.45, 7) is 4.69. The molecule has 0 unspecified atom stereocenters. The van der Waals surface area contributed by atoms with Gasteiger partial charge in [0.1, 0.15) is 0 Å². The van der Waals surface area contributed by atoms with Crippen LogP contribution in [-0.2, 0) is 5.41 Å². The highest BCUT2D eigenvalue weighted by atomic mass is 15.1. The summed E-state index contributed by atoms with van der Waals surface area (Å²) in [5, 5.41) is 7.53. The van der Waals surface area contributed by atoms with Gasteiger partial charge in [-0.3, -0.25) is 0 Å². The summed E-state index contributed by atoms with van der Waals surface area (Å²) in [6.07, 6.45) is 0. The van der Waals surface area contributed by atoms with Crippen LogP contribution >= 0.6 is 0 Å². The number of benzene rings is 11. The quantitative estimate of drug-likeness (QED) is 0.145. The third-order valence-corrected chi connectivity index (χ3v) is 14.4. The van der Waals surface area contributed by atoms with E-state index in [0.29, 0.717) is 0 Å². The fourth-order valence-corrected chi connectivity index (χ4v) is 11.1. The van der Waals surface area contributed by atoms with E-state index < -0.39 is 0 Å². The molecule has 67 heavy (non-hydrogen) atoms. The van der Waals surface area contributed by atoms with Crippen molar-refractivity contribution >= 4 is 60.4 Å². The molecule has 0 N–H and O–H groups in total. The Bertz CT molecular complexity index is 3890. The number of hydrogen-bond acceptors (Lipinski definition) is 1. The zero-order valence-corrected chi connectivity index (χ0v) is 37.5. The van der Waals surface area contributed by atoms with Crippen molar-refractivity contribution in [2.24, 2.45) is 0 Å². The number of aromatic nitrogens is 1. The molecular weight excluding hydrogens is 809 g/mol. The number of para-hydroxylation sites is 2. The molecule has 12 aromatic rings.